The monoisotopic (exact) mass is 402 g/mol. The number of ether oxygens (including phenoxy) is 1. The molecule has 1 aromatic heterocycles. The van der Waals surface area contributed by atoms with E-state index in [1.165, 1.54) is 19.2 Å². The number of methoxy groups -OCH3 is 1. The number of carbonyl (C=O) groups is 1. The van der Waals surface area contributed by atoms with Crippen LogP contribution in [0, 0.1) is 5.82 Å². The van der Waals surface area contributed by atoms with Crippen molar-refractivity contribution in [2.24, 2.45) is 0 Å². The first kappa shape index (κ1) is 19.8. The van der Waals surface area contributed by atoms with Crippen LogP contribution in [0.25, 0.3) is 10.8 Å². The highest BCUT2D eigenvalue weighted by Gasteiger charge is 2.19. The summed E-state index contributed by atoms with van der Waals surface area (Å²) in [6.45, 7) is 1.67. The lowest BCUT2D eigenvalue weighted by atomic mass is 10.1. The second-order valence-corrected chi connectivity index (χ2v) is 8.38. The maximum absolute atomic E-state index is 14.1. The molecular formula is C20H19FN2O4S. The van der Waals surface area contributed by atoms with Crippen LogP contribution in [0.4, 0.5) is 4.39 Å². The Labute approximate surface area is 162 Å². The second kappa shape index (κ2) is 7.55. The van der Waals surface area contributed by atoms with Crippen molar-refractivity contribution in [1.29, 1.82) is 0 Å². The molecule has 28 heavy (non-hydrogen) atoms. The number of hydrogen-bond acceptors (Lipinski definition) is 5. The van der Waals surface area contributed by atoms with Gasteiger partial charge in [-0.15, -0.1) is 0 Å². The zero-order valence-corrected chi connectivity index (χ0v) is 16.4. The summed E-state index contributed by atoms with van der Waals surface area (Å²) in [4.78, 5) is 16.5. The predicted octanol–water partition coefficient (Wildman–Crippen LogP) is 3.28. The van der Waals surface area contributed by atoms with E-state index in [0.717, 1.165) is 23.1 Å². The van der Waals surface area contributed by atoms with Crippen LogP contribution in [0.1, 0.15) is 29.0 Å². The fourth-order valence-corrected chi connectivity index (χ4v) is 3.61. The third kappa shape index (κ3) is 3.96. The fourth-order valence-electron chi connectivity index (χ4n) is 2.88. The Morgan fingerprint density at radius 3 is 2.54 bits per heavy atom. The van der Waals surface area contributed by atoms with Crippen molar-refractivity contribution in [2.75, 3.05) is 13.4 Å². The van der Waals surface area contributed by atoms with Gasteiger partial charge in [0.05, 0.1) is 13.2 Å². The van der Waals surface area contributed by atoms with Gasteiger partial charge >= 0.3 is 0 Å². The molecule has 0 saturated carbocycles. The Morgan fingerprint density at radius 2 is 1.89 bits per heavy atom. The smallest absolute Gasteiger partial charge is 0.270 e. The van der Waals surface area contributed by atoms with Crippen molar-refractivity contribution in [3.8, 4) is 5.88 Å². The summed E-state index contributed by atoms with van der Waals surface area (Å²) in [6, 6.07) is 12.2. The summed E-state index contributed by atoms with van der Waals surface area (Å²) in [6.07, 6.45) is 0.940. The van der Waals surface area contributed by atoms with Crippen LogP contribution in [-0.2, 0) is 9.84 Å². The molecule has 3 aromatic rings. The molecule has 6 nitrogen and oxygen atoms in total. The summed E-state index contributed by atoms with van der Waals surface area (Å²) in [7, 11) is -2.18. The summed E-state index contributed by atoms with van der Waals surface area (Å²) in [5.74, 6) is -0.977. The quantitative estimate of drug-likeness (QED) is 0.708. The largest absolute Gasteiger partial charge is 0.481 e. The SMILES string of the molecule is COc1nc(C(=O)N[C@H](C)c2ccc(S(C)(=O)=O)c(F)c2)cc2ccccc12. The average Bonchev–Trinajstić information content (AvgIpc) is 2.65. The molecule has 0 aliphatic heterocycles. The lowest BCUT2D eigenvalue weighted by Crippen LogP contribution is -2.27. The molecule has 1 heterocycles. The minimum absolute atomic E-state index is 0.163. The van der Waals surface area contributed by atoms with E-state index in [1.54, 1.807) is 13.0 Å². The van der Waals surface area contributed by atoms with E-state index >= 15 is 0 Å². The Bertz CT molecular complexity index is 1160. The van der Waals surface area contributed by atoms with Crippen LogP contribution in [0.5, 0.6) is 5.88 Å². The topological polar surface area (TPSA) is 85.4 Å². The minimum atomic E-state index is -3.66. The van der Waals surface area contributed by atoms with Gasteiger partial charge < -0.3 is 10.1 Å². The maximum Gasteiger partial charge on any atom is 0.270 e. The van der Waals surface area contributed by atoms with Gasteiger partial charge in [-0.25, -0.2) is 17.8 Å². The van der Waals surface area contributed by atoms with Crippen molar-refractivity contribution in [2.45, 2.75) is 17.9 Å². The molecule has 0 aliphatic carbocycles. The Hall–Kier alpha value is -3.00. The molecular weight excluding hydrogens is 383 g/mol. The summed E-state index contributed by atoms with van der Waals surface area (Å²) < 4.78 is 42.5. The van der Waals surface area contributed by atoms with Crippen molar-refractivity contribution in [3.05, 3.63) is 65.6 Å². The highest BCUT2D eigenvalue weighted by atomic mass is 32.2. The number of aromatic nitrogens is 1. The molecule has 0 fully saturated rings. The third-order valence-corrected chi connectivity index (χ3v) is 5.46. The van der Waals surface area contributed by atoms with Gasteiger partial charge in [-0.1, -0.05) is 24.3 Å². The number of rotatable bonds is 5. The van der Waals surface area contributed by atoms with Gasteiger partial charge in [-0.2, -0.15) is 0 Å². The van der Waals surface area contributed by atoms with E-state index in [9.17, 15) is 17.6 Å². The number of sulfone groups is 1. The molecule has 146 valence electrons. The number of pyridine rings is 1. The van der Waals surface area contributed by atoms with E-state index in [-0.39, 0.29) is 10.6 Å². The zero-order chi connectivity index (χ0) is 20.5. The standard InChI is InChI=1S/C20H19FN2O4S/c1-12(13-8-9-18(16(21)10-13)28(3,25)26)22-19(24)17-11-14-6-4-5-7-15(14)20(23-17)27-2/h4-12H,1-3H3,(H,22,24)/t12-/m1/s1. The molecule has 0 aliphatic rings. The highest BCUT2D eigenvalue weighted by Crippen LogP contribution is 2.25. The molecule has 0 bridgehead atoms. The Kier molecular flexibility index (Phi) is 5.33. The average molecular weight is 402 g/mol. The zero-order valence-electron chi connectivity index (χ0n) is 15.6. The van der Waals surface area contributed by atoms with Crippen LogP contribution in [0.2, 0.25) is 0 Å². The van der Waals surface area contributed by atoms with Gasteiger partial charge in [0, 0.05) is 11.6 Å². The molecule has 1 atom stereocenters. The maximum atomic E-state index is 14.1. The van der Waals surface area contributed by atoms with Crippen molar-refractivity contribution < 1.29 is 22.3 Å². The lowest BCUT2D eigenvalue weighted by molar-refractivity contribution is 0.0934. The van der Waals surface area contributed by atoms with Crippen molar-refractivity contribution >= 4 is 26.5 Å². The fraction of sp³-hybridized carbons (Fsp3) is 0.200. The molecule has 0 saturated heterocycles. The van der Waals surface area contributed by atoms with Gasteiger partial charge in [0.15, 0.2) is 9.84 Å². The molecule has 2 aromatic carbocycles. The molecule has 1 amide bonds. The number of benzene rings is 2. The first-order chi connectivity index (χ1) is 13.2. The normalized spacial score (nSPS) is 12.6. The molecule has 0 unspecified atom stereocenters. The molecule has 0 spiro atoms. The van der Waals surface area contributed by atoms with Gasteiger partial charge in [0.25, 0.3) is 5.91 Å². The molecule has 8 heteroatoms. The van der Waals surface area contributed by atoms with Crippen LogP contribution < -0.4 is 10.1 Å². The van der Waals surface area contributed by atoms with E-state index in [2.05, 4.69) is 10.3 Å². The molecule has 3 rings (SSSR count). The number of amides is 1. The second-order valence-electron chi connectivity index (χ2n) is 6.40. The highest BCUT2D eigenvalue weighted by molar-refractivity contribution is 7.90. The van der Waals surface area contributed by atoms with Crippen molar-refractivity contribution in [1.82, 2.24) is 10.3 Å². The van der Waals surface area contributed by atoms with Crippen LogP contribution >= 0.6 is 0 Å². The van der Waals surface area contributed by atoms with Crippen LogP contribution in [0.15, 0.2) is 53.4 Å². The van der Waals surface area contributed by atoms with E-state index < -0.39 is 27.6 Å². The first-order valence-electron chi connectivity index (χ1n) is 8.45. The number of nitrogens with one attached hydrogen (secondary N) is 1. The van der Waals surface area contributed by atoms with Gasteiger partial charge in [0.1, 0.15) is 16.4 Å². The van der Waals surface area contributed by atoms with E-state index in [1.807, 2.05) is 24.3 Å². The Morgan fingerprint density at radius 1 is 1.18 bits per heavy atom. The third-order valence-electron chi connectivity index (χ3n) is 4.33. The van der Waals surface area contributed by atoms with Crippen molar-refractivity contribution in [3.63, 3.8) is 0 Å². The van der Waals surface area contributed by atoms with Crippen LogP contribution in [0.3, 0.4) is 0 Å². The first-order valence-corrected chi connectivity index (χ1v) is 10.3. The number of carbonyl (C=O) groups excluding carboxylic acids is 1. The predicted molar refractivity (Wildman–Crippen MR) is 104 cm³/mol. The number of hydrogen-bond donors (Lipinski definition) is 1. The number of halogens is 1. The van der Waals surface area contributed by atoms with E-state index in [0.29, 0.717) is 11.4 Å². The van der Waals surface area contributed by atoms with Gasteiger partial charge in [-0.3, -0.25) is 4.79 Å². The summed E-state index contributed by atoms with van der Waals surface area (Å²) in [5, 5.41) is 4.33. The van der Waals surface area contributed by atoms with Crippen LogP contribution in [-0.4, -0.2) is 32.7 Å². The number of nitrogens with zero attached hydrogens (tertiary/aromatic N) is 1. The number of fused-ring (bicyclic) bond motifs is 1. The molecule has 1 N–H and O–H groups in total. The lowest BCUT2D eigenvalue weighted by Gasteiger charge is -2.16. The van der Waals surface area contributed by atoms with Gasteiger partial charge in [-0.05, 0) is 42.1 Å². The van der Waals surface area contributed by atoms with E-state index in [4.69, 9.17) is 4.74 Å². The molecule has 0 radical (unpaired) electrons. The summed E-state index contributed by atoms with van der Waals surface area (Å²) >= 11 is 0. The van der Waals surface area contributed by atoms with Gasteiger partial charge in [0.2, 0.25) is 5.88 Å². The Balaban J connectivity index is 1.87. The minimum Gasteiger partial charge on any atom is -0.481 e. The summed E-state index contributed by atoms with van der Waals surface area (Å²) in [5.41, 5.74) is 0.599.